The number of halogens is 2. The van der Waals surface area contributed by atoms with Crippen LogP contribution in [0.5, 0.6) is 0 Å². The molecular formula is C24H24F2N2O3S. The van der Waals surface area contributed by atoms with Gasteiger partial charge in [0.05, 0.1) is 16.8 Å². The van der Waals surface area contributed by atoms with Gasteiger partial charge in [-0.3, -0.25) is 4.79 Å². The Morgan fingerprint density at radius 3 is 2.38 bits per heavy atom. The predicted octanol–water partition coefficient (Wildman–Crippen LogP) is 4.87. The van der Waals surface area contributed by atoms with Crippen molar-refractivity contribution in [2.24, 2.45) is 0 Å². The fourth-order valence-corrected chi connectivity index (χ4v) is 3.90. The van der Waals surface area contributed by atoms with Crippen LogP contribution in [-0.2, 0) is 16.3 Å². The number of rotatable bonds is 7. The number of aromatic nitrogens is 2. The lowest BCUT2D eigenvalue weighted by atomic mass is 9.99. The summed E-state index contributed by atoms with van der Waals surface area (Å²) in [5.74, 6) is -2.08. The number of sulfone groups is 1. The highest BCUT2D eigenvalue weighted by Crippen LogP contribution is 2.24. The lowest BCUT2D eigenvalue weighted by molar-refractivity contribution is 0.507. The fourth-order valence-electron chi connectivity index (χ4n) is 3.27. The Balaban J connectivity index is 2.12. The quantitative estimate of drug-likeness (QED) is 0.474. The summed E-state index contributed by atoms with van der Waals surface area (Å²) < 4.78 is 51.6. The monoisotopic (exact) mass is 458 g/mol. The number of benzene rings is 2. The second-order valence-electron chi connectivity index (χ2n) is 7.59. The van der Waals surface area contributed by atoms with Crippen LogP contribution < -0.4 is 5.56 Å². The van der Waals surface area contributed by atoms with Gasteiger partial charge in [-0.1, -0.05) is 30.7 Å². The van der Waals surface area contributed by atoms with Crippen molar-refractivity contribution in [1.29, 1.82) is 0 Å². The second kappa shape index (κ2) is 9.56. The first-order valence-electron chi connectivity index (χ1n) is 10.1. The van der Waals surface area contributed by atoms with Gasteiger partial charge in [-0.15, -0.1) is 0 Å². The van der Waals surface area contributed by atoms with E-state index in [1.807, 2.05) is 13.8 Å². The second-order valence-corrected chi connectivity index (χ2v) is 9.61. The summed E-state index contributed by atoms with van der Waals surface area (Å²) in [6.45, 7) is 4.06. The molecule has 0 fully saturated rings. The van der Waals surface area contributed by atoms with E-state index >= 15 is 0 Å². The van der Waals surface area contributed by atoms with Crippen molar-refractivity contribution in [1.82, 2.24) is 9.78 Å². The third kappa shape index (κ3) is 5.19. The van der Waals surface area contributed by atoms with E-state index in [0.29, 0.717) is 29.5 Å². The highest BCUT2D eigenvalue weighted by molar-refractivity contribution is 7.90. The molecule has 0 radical (unpaired) electrons. The molecule has 0 saturated heterocycles. The van der Waals surface area contributed by atoms with Crippen LogP contribution in [0.15, 0.2) is 70.0 Å². The summed E-state index contributed by atoms with van der Waals surface area (Å²) >= 11 is 0. The van der Waals surface area contributed by atoms with Crippen molar-refractivity contribution >= 4 is 9.84 Å². The molecule has 2 aromatic carbocycles. The molecule has 3 rings (SSSR count). The van der Waals surface area contributed by atoms with Gasteiger partial charge >= 0.3 is 0 Å². The molecule has 0 unspecified atom stereocenters. The summed E-state index contributed by atoms with van der Waals surface area (Å²) in [5, 5.41) is 4.17. The molecule has 5 nitrogen and oxygen atoms in total. The third-order valence-electron chi connectivity index (χ3n) is 5.26. The molecule has 0 amide bonds. The van der Waals surface area contributed by atoms with Crippen LogP contribution >= 0.6 is 0 Å². The Labute approximate surface area is 186 Å². The average molecular weight is 459 g/mol. The molecule has 1 heterocycles. The van der Waals surface area contributed by atoms with Gasteiger partial charge in [-0.2, -0.15) is 9.78 Å². The minimum atomic E-state index is -3.35. The SMILES string of the molecule is CCC(C)=CCCc1c(-c2ccc(S(C)(=O)=O)cc2)cnn(-c2ccc(F)c(F)c2)c1=O. The van der Waals surface area contributed by atoms with E-state index in [1.165, 1.54) is 30.0 Å². The first-order valence-corrected chi connectivity index (χ1v) is 12.0. The molecule has 0 spiro atoms. The van der Waals surface area contributed by atoms with Crippen molar-refractivity contribution in [3.63, 3.8) is 0 Å². The summed E-state index contributed by atoms with van der Waals surface area (Å²) in [4.78, 5) is 13.5. The summed E-state index contributed by atoms with van der Waals surface area (Å²) in [7, 11) is -3.35. The first-order chi connectivity index (χ1) is 15.1. The highest BCUT2D eigenvalue weighted by atomic mass is 32.2. The molecule has 3 aromatic rings. The molecule has 0 bridgehead atoms. The zero-order valence-electron chi connectivity index (χ0n) is 18.1. The van der Waals surface area contributed by atoms with Gasteiger partial charge in [0.25, 0.3) is 5.56 Å². The Bertz CT molecular complexity index is 1330. The smallest absolute Gasteiger partial charge is 0.267 e. The van der Waals surface area contributed by atoms with E-state index in [-0.39, 0.29) is 10.6 Å². The zero-order valence-corrected chi connectivity index (χ0v) is 18.9. The van der Waals surface area contributed by atoms with E-state index in [4.69, 9.17) is 0 Å². The Kier molecular flexibility index (Phi) is 7.03. The Hall–Kier alpha value is -3.13. The van der Waals surface area contributed by atoms with Crippen LogP contribution in [0, 0.1) is 11.6 Å². The first kappa shape index (κ1) is 23.5. The Morgan fingerprint density at radius 2 is 1.78 bits per heavy atom. The van der Waals surface area contributed by atoms with Crippen LogP contribution in [0.4, 0.5) is 8.78 Å². The minimum Gasteiger partial charge on any atom is -0.267 e. The maximum atomic E-state index is 13.7. The third-order valence-corrected chi connectivity index (χ3v) is 6.39. The van der Waals surface area contributed by atoms with Crippen LogP contribution in [0.2, 0.25) is 0 Å². The Morgan fingerprint density at radius 1 is 1.09 bits per heavy atom. The molecule has 0 N–H and O–H groups in total. The molecule has 0 saturated carbocycles. The molecule has 8 heteroatoms. The van der Waals surface area contributed by atoms with Gasteiger partial charge < -0.3 is 0 Å². The molecule has 0 atom stereocenters. The average Bonchev–Trinajstić information content (AvgIpc) is 2.76. The number of nitrogens with zero attached hydrogens (tertiary/aromatic N) is 2. The fraction of sp³-hybridized carbons (Fsp3) is 0.250. The van der Waals surface area contributed by atoms with Crippen molar-refractivity contribution < 1.29 is 17.2 Å². The van der Waals surface area contributed by atoms with Crippen molar-refractivity contribution in [3.8, 4) is 16.8 Å². The standard InChI is InChI=1S/C24H24F2N2O3S/c1-4-16(2)6-5-7-20-21(17-8-11-19(12-9-17)32(3,30)31)15-27-28(24(20)29)18-10-13-22(25)23(26)14-18/h6,8-15H,4-5,7H2,1-3H3. The molecule has 0 aliphatic heterocycles. The molecule has 0 aliphatic rings. The molecule has 32 heavy (non-hydrogen) atoms. The van der Waals surface area contributed by atoms with E-state index in [1.54, 1.807) is 12.1 Å². The van der Waals surface area contributed by atoms with Gasteiger partial charge in [-0.25, -0.2) is 17.2 Å². The van der Waals surface area contributed by atoms with Crippen LogP contribution in [0.1, 0.15) is 32.3 Å². The van der Waals surface area contributed by atoms with Gasteiger partial charge in [0.1, 0.15) is 0 Å². The van der Waals surface area contributed by atoms with Gasteiger partial charge in [0.15, 0.2) is 21.5 Å². The van der Waals surface area contributed by atoms with E-state index in [0.717, 1.165) is 29.5 Å². The lowest BCUT2D eigenvalue weighted by Crippen LogP contribution is -2.25. The van der Waals surface area contributed by atoms with Crippen LogP contribution in [0.25, 0.3) is 16.8 Å². The summed E-state index contributed by atoms with van der Waals surface area (Å²) in [6, 6.07) is 9.39. The lowest BCUT2D eigenvalue weighted by Gasteiger charge is -2.13. The molecule has 0 aliphatic carbocycles. The molecule has 1 aromatic heterocycles. The topological polar surface area (TPSA) is 69.0 Å². The van der Waals surface area contributed by atoms with E-state index in [2.05, 4.69) is 11.2 Å². The van der Waals surface area contributed by atoms with Gasteiger partial charge in [-0.05, 0) is 56.0 Å². The predicted molar refractivity (Wildman–Crippen MR) is 121 cm³/mol. The van der Waals surface area contributed by atoms with E-state index < -0.39 is 27.0 Å². The summed E-state index contributed by atoms with van der Waals surface area (Å²) in [6.07, 6.45) is 6.59. The van der Waals surface area contributed by atoms with Crippen molar-refractivity contribution in [3.05, 3.63) is 87.9 Å². The number of allylic oxidation sites excluding steroid dienone is 2. The van der Waals surface area contributed by atoms with Crippen LogP contribution in [-0.4, -0.2) is 24.5 Å². The number of hydrogen-bond acceptors (Lipinski definition) is 4. The zero-order chi connectivity index (χ0) is 23.5. The maximum Gasteiger partial charge on any atom is 0.275 e. The maximum absolute atomic E-state index is 13.7. The van der Waals surface area contributed by atoms with Crippen molar-refractivity contribution in [2.75, 3.05) is 6.26 Å². The van der Waals surface area contributed by atoms with Crippen LogP contribution in [0.3, 0.4) is 0 Å². The van der Waals surface area contributed by atoms with Gasteiger partial charge in [0.2, 0.25) is 0 Å². The largest absolute Gasteiger partial charge is 0.275 e. The minimum absolute atomic E-state index is 0.120. The molecular weight excluding hydrogens is 434 g/mol. The highest BCUT2D eigenvalue weighted by Gasteiger charge is 2.16. The van der Waals surface area contributed by atoms with Crippen molar-refractivity contribution in [2.45, 2.75) is 38.0 Å². The number of hydrogen-bond donors (Lipinski definition) is 0. The van der Waals surface area contributed by atoms with E-state index in [9.17, 15) is 22.0 Å². The summed E-state index contributed by atoms with van der Waals surface area (Å²) in [5.41, 5.74) is 2.54. The van der Waals surface area contributed by atoms with Gasteiger partial charge in [0, 0.05) is 23.4 Å². The normalized spacial score (nSPS) is 12.2. The molecule has 168 valence electrons.